The third-order valence-electron chi connectivity index (χ3n) is 6.21. The Morgan fingerprint density at radius 3 is 2.29 bits per heavy atom. The predicted octanol–water partition coefficient (Wildman–Crippen LogP) is 4.15. The highest BCUT2D eigenvalue weighted by atomic mass is 19.4. The second-order valence-corrected chi connectivity index (χ2v) is 7.97. The number of nitrogens with zero attached hydrogens (tertiary/aromatic N) is 1. The normalized spacial score (nSPS) is 23.0. The van der Waals surface area contributed by atoms with E-state index in [1.54, 1.807) is 13.1 Å². The van der Waals surface area contributed by atoms with Crippen LogP contribution in [-0.2, 0) is 0 Å². The molecule has 4 N–H and O–H groups in total. The van der Waals surface area contributed by atoms with Crippen LogP contribution < -0.4 is 21.3 Å². The van der Waals surface area contributed by atoms with Crippen LogP contribution in [0, 0.1) is 5.92 Å². The van der Waals surface area contributed by atoms with Crippen molar-refractivity contribution in [1.82, 2.24) is 5.32 Å². The van der Waals surface area contributed by atoms with Crippen molar-refractivity contribution in [3.63, 3.8) is 0 Å². The zero-order valence-electron chi connectivity index (χ0n) is 16.4. The molecule has 3 rings (SSSR count). The number of hydrogen-bond donors (Lipinski definition) is 3. The highest BCUT2D eigenvalue weighted by Gasteiger charge is 2.41. The summed E-state index contributed by atoms with van der Waals surface area (Å²) < 4.78 is 38.6. The predicted molar refractivity (Wildman–Crippen MR) is 106 cm³/mol. The van der Waals surface area contributed by atoms with E-state index < -0.39 is 12.1 Å². The Hall–Kier alpha value is -2.12. The first-order valence-corrected chi connectivity index (χ1v) is 9.92. The quantitative estimate of drug-likeness (QED) is 0.652. The highest BCUT2D eigenvalue weighted by Crippen LogP contribution is 2.38. The van der Waals surface area contributed by atoms with Crippen molar-refractivity contribution in [3.8, 4) is 0 Å². The molecule has 0 aliphatic heterocycles. The lowest BCUT2D eigenvalue weighted by Crippen LogP contribution is -2.42. The van der Waals surface area contributed by atoms with Crippen molar-refractivity contribution in [2.75, 3.05) is 30.0 Å². The standard InChI is InChI=1S/C20H29F3N4O/c1-25-17-11-18(27(2)14-4-3-5-14)15(10-16(17)24)19(28)26-13-8-6-12(7-9-13)20(21,22)23/h10-14,25H,3-9,24H2,1-2H3,(H,26,28)/t12-,13-. The van der Waals surface area contributed by atoms with Gasteiger partial charge in [0.15, 0.2) is 0 Å². The lowest BCUT2D eigenvalue weighted by atomic mass is 9.85. The van der Waals surface area contributed by atoms with Crippen LogP contribution in [0.5, 0.6) is 0 Å². The average molecular weight is 398 g/mol. The number of benzene rings is 1. The molecule has 0 heterocycles. The fraction of sp³-hybridized carbons (Fsp3) is 0.650. The van der Waals surface area contributed by atoms with E-state index in [-0.39, 0.29) is 24.8 Å². The second-order valence-electron chi connectivity index (χ2n) is 7.97. The van der Waals surface area contributed by atoms with Crippen LogP contribution in [0.3, 0.4) is 0 Å². The van der Waals surface area contributed by atoms with Gasteiger partial charge in [-0.05, 0) is 57.1 Å². The smallest absolute Gasteiger partial charge is 0.391 e. The number of halogens is 3. The maximum atomic E-state index is 13.0. The number of carbonyl (C=O) groups is 1. The molecule has 8 heteroatoms. The minimum atomic E-state index is -4.15. The van der Waals surface area contributed by atoms with Gasteiger partial charge in [0.25, 0.3) is 5.91 Å². The van der Waals surface area contributed by atoms with E-state index >= 15 is 0 Å². The Balaban J connectivity index is 1.74. The largest absolute Gasteiger partial charge is 0.397 e. The molecule has 2 aliphatic rings. The molecule has 0 saturated heterocycles. The van der Waals surface area contributed by atoms with Gasteiger partial charge in [0.05, 0.1) is 28.5 Å². The molecule has 1 aromatic carbocycles. The Morgan fingerprint density at radius 2 is 1.79 bits per heavy atom. The summed E-state index contributed by atoms with van der Waals surface area (Å²) in [7, 11) is 3.75. The molecule has 2 aliphatic carbocycles. The molecule has 5 nitrogen and oxygen atoms in total. The van der Waals surface area contributed by atoms with Gasteiger partial charge in [-0.25, -0.2) is 0 Å². The summed E-state index contributed by atoms with van der Waals surface area (Å²) in [6, 6.07) is 3.69. The van der Waals surface area contributed by atoms with Gasteiger partial charge in [0.2, 0.25) is 0 Å². The van der Waals surface area contributed by atoms with Gasteiger partial charge in [-0.3, -0.25) is 4.79 Å². The van der Waals surface area contributed by atoms with Gasteiger partial charge in [0.1, 0.15) is 0 Å². The number of anilines is 3. The highest BCUT2D eigenvalue weighted by molar-refractivity contribution is 6.02. The van der Waals surface area contributed by atoms with Crippen LogP contribution in [0.25, 0.3) is 0 Å². The molecule has 0 atom stereocenters. The number of alkyl halides is 3. The molecule has 0 bridgehead atoms. The van der Waals surface area contributed by atoms with Crippen molar-refractivity contribution in [1.29, 1.82) is 0 Å². The first-order valence-electron chi connectivity index (χ1n) is 9.92. The third-order valence-corrected chi connectivity index (χ3v) is 6.21. The summed E-state index contributed by atoms with van der Waals surface area (Å²) in [6.45, 7) is 0. The van der Waals surface area contributed by atoms with Crippen molar-refractivity contribution in [3.05, 3.63) is 17.7 Å². The molecular formula is C20H29F3N4O. The lowest BCUT2D eigenvalue weighted by Gasteiger charge is -2.38. The maximum Gasteiger partial charge on any atom is 0.391 e. The van der Waals surface area contributed by atoms with Crippen molar-refractivity contribution >= 4 is 23.0 Å². The number of nitrogens with one attached hydrogen (secondary N) is 2. The van der Waals surface area contributed by atoms with E-state index in [4.69, 9.17) is 5.73 Å². The number of carbonyl (C=O) groups excluding carboxylic acids is 1. The molecule has 2 fully saturated rings. The Morgan fingerprint density at radius 1 is 1.14 bits per heavy atom. The summed E-state index contributed by atoms with van der Waals surface area (Å²) in [5.74, 6) is -1.53. The Bertz CT molecular complexity index is 710. The minimum absolute atomic E-state index is 0.0596. The van der Waals surface area contributed by atoms with Gasteiger partial charge >= 0.3 is 6.18 Å². The van der Waals surface area contributed by atoms with Crippen LogP contribution in [0.15, 0.2) is 12.1 Å². The van der Waals surface area contributed by atoms with E-state index in [2.05, 4.69) is 15.5 Å². The molecule has 0 unspecified atom stereocenters. The van der Waals surface area contributed by atoms with Crippen molar-refractivity contribution < 1.29 is 18.0 Å². The van der Waals surface area contributed by atoms with Crippen LogP contribution >= 0.6 is 0 Å². The van der Waals surface area contributed by atoms with E-state index in [0.717, 1.165) is 24.2 Å². The van der Waals surface area contributed by atoms with E-state index in [1.807, 2.05) is 13.1 Å². The van der Waals surface area contributed by atoms with Crippen LogP contribution in [0.1, 0.15) is 55.3 Å². The zero-order chi connectivity index (χ0) is 20.5. The third kappa shape index (κ3) is 4.31. The van der Waals surface area contributed by atoms with Crippen molar-refractivity contribution in [2.24, 2.45) is 5.92 Å². The summed E-state index contributed by atoms with van der Waals surface area (Å²) in [5, 5.41) is 5.98. The molecule has 0 spiro atoms. The Labute approximate surface area is 163 Å². The fourth-order valence-electron chi connectivity index (χ4n) is 4.09. The van der Waals surface area contributed by atoms with E-state index in [9.17, 15) is 18.0 Å². The monoisotopic (exact) mass is 398 g/mol. The maximum absolute atomic E-state index is 13.0. The van der Waals surface area contributed by atoms with E-state index in [0.29, 0.717) is 30.1 Å². The van der Waals surface area contributed by atoms with Gasteiger partial charge in [-0.1, -0.05) is 0 Å². The molecular weight excluding hydrogens is 369 g/mol. The van der Waals surface area contributed by atoms with Crippen molar-refractivity contribution in [2.45, 2.75) is 63.2 Å². The number of nitrogen functional groups attached to an aromatic ring is 1. The second kappa shape index (κ2) is 8.09. The molecule has 1 amide bonds. The van der Waals surface area contributed by atoms with Crippen LogP contribution in [0.2, 0.25) is 0 Å². The molecule has 2 saturated carbocycles. The fourth-order valence-corrected chi connectivity index (χ4v) is 4.09. The SMILES string of the molecule is CNc1cc(N(C)C2CCC2)c(C(=O)N[C@H]2CC[C@H](C(F)(F)F)CC2)cc1N. The van der Waals surface area contributed by atoms with Crippen LogP contribution in [0.4, 0.5) is 30.2 Å². The zero-order valence-corrected chi connectivity index (χ0v) is 16.4. The van der Waals surface area contributed by atoms with Gasteiger partial charge in [0, 0.05) is 26.2 Å². The molecule has 0 aromatic heterocycles. The number of amides is 1. The molecule has 0 radical (unpaired) electrons. The number of nitrogens with two attached hydrogens (primary N) is 1. The first-order chi connectivity index (χ1) is 13.2. The average Bonchev–Trinajstić information content (AvgIpc) is 2.59. The summed E-state index contributed by atoms with van der Waals surface area (Å²) in [5.41, 5.74) is 8.57. The lowest BCUT2D eigenvalue weighted by molar-refractivity contribution is -0.182. The minimum Gasteiger partial charge on any atom is -0.397 e. The van der Waals surface area contributed by atoms with Gasteiger partial charge in [-0.15, -0.1) is 0 Å². The molecule has 28 heavy (non-hydrogen) atoms. The number of hydrogen-bond acceptors (Lipinski definition) is 4. The molecule has 1 aromatic rings. The summed E-state index contributed by atoms with van der Waals surface area (Å²) >= 11 is 0. The summed E-state index contributed by atoms with van der Waals surface area (Å²) in [4.78, 5) is 15.1. The topological polar surface area (TPSA) is 70.4 Å². The van der Waals surface area contributed by atoms with Gasteiger partial charge in [-0.2, -0.15) is 13.2 Å². The number of rotatable bonds is 5. The van der Waals surface area contributed by atoms with Gasteiger partial charge < -0.3 is 21.3 Å². The van der Waals surface area contributed by atoms with Crippen LogP contribution in [-0.4, -0.2) is 38.3 Å². The Kier molecular flexibility index (Phi) is 5.95. The molecule has 156 valence electrons. The van der Waals surface area contributed by atoms with E-state index in [1.165, 1.54) is 6.42 Å². The first kappa shape index (κ1) is 20.6. The summed E-state index contributed by atoms with van der Waals surface area (Å²) in [6.07, 6.45) is -0.00964.